The standard InChI is InChI=1S/C11H12N2O3/c1-7(2)13-10(14)6-8(12-11(13)15)9-4-3-5-16-9/h3-7H,1-2H3,(H,12,15). The summed E-state index contributed by atoms with van der Waals surface area (Å²) in [6.07, 6.45) is 1.49. The van der Waals surface area contributed by atoms with Gasteiger partial charge in [0.05, 0.1) is 12.0 Å². The molecule has 0 aromatic carbocycles. The van der Waals surface area contributed by atoms with Crippen LogP contribution in [0.25, 0.3) is 11.5 Å². The van der Waals surface area contributed by atoms with Crippen LogP contribution in [0, 0.1) is 0 Å². The molecule has 0 unspecified atom stereocenters. The van der Waals surface area contributed by atoms with Crippen LogP contribution in [0.5, 0.6) is 0 Å². The van der Waals surface area contributed by atoms with Crippen molar-refractivity contribution in [3.63, 3.8) is 0 Å². The Morgan fingerprint density at radius 2 is 2.12 bits per heavy atom. The molecule has 0 atom stereocenters. The number of aromatic amines is 1. The Morgan fingerprint density at radius 1 is 1.38 bits per heavy atom. The molecule has 2 heterocycles. The second-order valence-corrected chi connectivity index (χ2v) is 3.77. The molecule has 0 saturated carbocycles. The van der Waals surface area contributed by atoms with E-state index in [1.807, 2.05) is 0 Å². The summed E-state index contributed by atoms with van der Waals surface area (Å²) in [7, 11) is 0. The van der Waals surface area contributed by atoms with Gasteiger partial charge in [0.2, 0.25) is 0 Å². The highest BCUT2D eigenvalue weighted by atomic mass is 16.3. The Labute approximate surface area is 91.3 Å². The van der Waals surface area contributed by atoms with E-state index in [1.165, 1.54) is 12.3 Å². The summed E-state index contributed by atoms with van der Waals surface area (Å²) in [6.45, 7) is 3.56. The third-order valence-electron chi connectivity index (χ3n) is 2.27. The van der Waals surface area contributed by atoms with Gasteiger partial charge in [0, 0.05) is 12.1 Å². The van der Waals surface area contributed by atoms with E-state index in [-0.39, 0.29) is 11.6 Å². The van der Waals surface area contributed by atoms with Crippen LogP contribution in [0.15, 0.2) is 38.5 Å². The van der Waals surface area contributed by atoms with E-state index in [4.69, 9.17) is 4.42 Å². The van der Waals surface area contributed by atoms with Gasteiger partial charge in [-0.05, 0) is 26.0 Å². The molecular weight excluding hydrogens is 208 g/mol. The lowest BCUT2D eigenvalue weighted by atomic mass is 10.3. The molecule has 84 valence electrons. The van der Waals surface area contributed by atoms with Crippen molar-refractivity contribution in [1.29, 1.82) is 0 Å². The molecule has 2 aromatic heterocycles. The van der Waals surface area contributed by atoms with Gasteiger partial charge in [-0.1, -0.05) is 0 Å². The minimum atomic E-state index is -0.422. The van der Waals surface area contributed by atoms with Crippen molar-refractivity contribution < 1.29 is 4.42 Å². The fourth-order valence-corrected chi connectivity index (χ4v) is 1.56. The predicted molar refractivity (Wildman–Crippen MR) is 59.4 cm³/mol. The first-order valence-corrected chi connectivity index (χ1v) is 4.99. The molecule has 0 saturated heterocycles. The van der Waals surface area contributed by atoms with Crippen LogP contribution < -0.4 is 11.2 Å². The second-order valence-electron chi connectivity index (χ2n) is 3.77. The molecule has 2 rings (SSSR count). The number of furan rings is 1. The number of rotatable bonds is 2. The van der Waals surface area contributed by atoms with Crippen molar-refractivity contribution in [3.8, 4) is 11.5 Å². The molecule has 1 N–H and O–H groups in total. The zero-order valence-corrected chi connectivity index (χ0v) is 9.06. The summed E-state index contributed by atoms with van der Waals surface area (Å²) < 4.78 is 6.27. The van der Waals surface area contributed by atoms with Gasteiger partial charge < -0.3 is 9.40 Å². The van der Waals surface area contributed by atoms with Crippen molar-refractivity contribution in [3.05, 3.63) is 45.3 Å². The molecule has 0 spiro atoms. The molecule has 2 aromatic rings. The Balaban J connectivity index is 2.63. The molecule has 5 heteroatoms. The maximum Gasteiger partial charge on any atom is 0.329 e. The van der Waals surface area contributed by atoms with Crippen molar-refractivity contribution in [2.75, 3.05) is 0 Å². The fraction of sp³-hybridized carbons (Fsp3) is 0.273. The molecule has 0 fully saturated rings. The molecule has 0 aliphatic carbocycles. The van der Waals surface area contributed by atoms with Gasteiger partial charge in [0.15, 0.2) is 0 Å². The molecule has 0 radical (unpaired) electrons. The first-order chi connectivity index (χ1) is 7.59. The van der Waals surface area contributed by atoms with Gasteiger partial charge >= 0.3 is 5.69 Å². The summed E-state index contributed by atoms with van der Waals surface area (Å²) in [5.41, 5.74) is -0.351. The smallest absolute Gasteiger partial charge is 0.329 e. The Kier molecular flexibility index (Phi) is 2.52. The predicted octanol–water partition coefficient (Wildman–Crippen LogP) is 1.38. The third kappa shape index (κ3) is 1.71. The van der Waals surface area contributed by atoms with Gasteiger partial charge in [-0.3, -0.25) is 9.36 Å². The van der Waals surface area contributed by atoms with Crippen molar-refractivity contribution >= 4 is 0 Å². The highest BCUT2D eigenvalue weighted by molar-refractivity contribution is 5.50. The van der Waals surface area contributed by atoms with Gasteiger partial charge in [-0.25, -0.2) is 4.79 Å². The van der Waals surface area contributed by atoms with Crippen LogP contribution in [0.3, 0.4) is 0 Å². The Morgan fingerprint density at radius 3 is 2.62 bits per heavy atom. The van der Waals surface area contributed by atoms with E-state index < -0.39 is 5.69 Å². The minimum absolute atomic E-state index is 0.165. The van der Waals surface area contributed by atoms with E-state index >= 15 is 0 Å². The van der Waals surface area contributed by atoms with E-state index in [0.29, 0.717) is 11.5 Å². The highest BCUT2D eigenvalue weighted by Gasteiger charge is 2.09. The summed E-state index contributed by atoms with van der Waals surface area (Å²) >= 11 is 0. The van der Waals surface area contributed by atoms with Gasteiger partial charge in [0.1, 0.15) is 5.76 Å². The second kappa shape index (κ2) is 3.84. The van der Waals surface area contributed by atoms with E-state index in [1.54, 1.807) is 26.0 Å². The highest BCUT2D eigenvalue weighted by Crippen LogP contribution is 2.13. The number of hydrogen-bond donors (Lipinski definition) is 1. The van der Waals surface area contributed by atoms with Crippen LogP contribution >= 0.6 is 0 Å². The number of aromatic nitrogens is 2. The fourth-order valence-electron chi connectivity index (χ4n) is 1.56. The zero-order valence-electron chi connectivity index (χ0n) is 9.06. The summed E-state index contributed by atoms with van der Waals surface area (Å²) in [6, 6.07) is 4.58. The molecule has 0 aliphatic heterocycles. The van der Waals surface area contributed by atoms with Crippen LogP contribution in [0.1, 0.15) is 19.9 Å². The van der Waals surface area contributed by atoms with Crippen LogP contribution in [0.2, 0.25) is 0 Å². The first-order valence-electron chi connectivity index (χ1n) is 4.99. The monoisotopic (exact) mass is 220 g/mol. The van der Waals surface area contributed by atoms with Crippen LogP contribution in [0.4, 0.5) is 0 Å². The van der Waals surface area contributed by atoms with Gasteiger partial charge in [-0.15, -0.1) is 0 Å². The van der Waals surface area contributed by atoms with Gasteiger partial charge in [-0.2, -0.15) is 0 Å². The zero-order chi connectivity index (χ0) is 11.7. The maximum atomic E-state index is 11.7. The number of hydrogen-bond acceptors (Lipinski definition) is 3. The average Bonchev–Trinajstić information content (AvgIpc) is 2.67. The van der Waals surface area contributed by atoms with E-state index in [9.17, 15) is 9.59 Å². The lowest BCUT2D eigenvalue weighted by molar-refractivity contribution is 0.541. The average molecular weight is 220 g/mol. The van der Waals surface area contributed by atoms with Gasteiger partial charge in [0.25, 0.3) is 5.56 Å². The van der Waals surface area contributed by atoms with Crippen LogP contribution in [-0.4, -0.2) is 9.55 Å². The van der Waals surface area contributed by atoms with E-state index in [2.05, 4.69) is 4.98 Å². The molecule has 0 amide bonds. The van der Waals surface area contributed by atoms with E-state index in [0.717, 1.165) is 4.57 Å². The largest absolute Gasteiger partial charge is 0.463 e. The lowest BCUT2D eigenvalue weighted by Gasteiger charge is -2.08. The maximum absolute atomic E-state index is 11.7. The number of H-pyrrole nitrogens is 1. The van der Waals surface area contributed by atoms with Crippen molar-refractivity contribution in [1.82, 2.24) is 9.55 Å². The minimum Gasteiger partial charge on any atom is -0.463 e. The summed E-state index contributed by atoms with van der Waals surface area (Å²) in [5.74, 6) is 0.477. The van der Waals surface area contributed by atoms with Crippen LogP contribution in [-0.2, 0) is 0 Å². The molecular formula is C11H12N2O3. The Hall–Kier alpha value is -2.04. The topological polar surface area (TPSA) is 68.0 Å². The Bertz CT molecular complexity index is 559. The lowest BCUT2D eigenvalue weighted by Crippen LogP contribution is -2.36. The molecule has 5 nitrogen and oxygen atoms in total. The SMILES string of the molecule is CC(C)n1c(=O)cc(-c2ccco2)[nH]c1=O. The quantitative estimate of drug-likeness (QED) is 0.831. The van der Waals surface area contributed by atoms with Crippen molar-refractivity contribution in [2.24, 2.45) is 0 Å². The number of nitrogens with zero attached hydrogens (tertiary/aromatic N) is 1. The summed E-state index contributed by atoms with van der Waals surface area (Å²) in [4.78, 5) is 26.0. The molecule has 0 bridgehead atoms. The normalized spacial score (nSPS) is 10.9. The number of nitrogens with one attached hydrogen (secondary N) is 1. The summed E-state index contributed by atoms with van der Waals surface area (Å²) in [5, 5.41) is 0. The first kappa shape index (κ1) is 10.5. The molecule has 0 aliphatic rings. The van der Waals surface area contributed by atoms with Crippen molar-refractivity contribution in [2.45, 2.75) is 19.9 Å². The molecule has 16 heavy (non-hydrogen) atoms. The third-order valence-corrected chi connectivity index (χ3v) is 2.27.